The molecule has 0 unspecified atom stereocenters. The van der Waals surface area contributed by atoms with Gasteiger partial charge in [0.15, 0.2) is 0 Å². The summed E-state index contributed by atoms with van der Waals surface area (Å²) in [6.07, 6.45) is 0. The molecule has 4 heterocycles. The first-order chi connectivity index (χ1) is 42.6. The van der Waals surface area contributed by atoms with E-state index < -0.39 is 0 Å². The highest BCUT2D eigenvalue weighted by Crippen LogP contribution is 2.45. The molecule has 0 amide bonds. The lowest BCUT2D eigenvalue weighted by Gasteiger charge is -2.13. The van der Waals surface area contributed by atoms with Crippen molar-refractivity contribution in [2.45, 2.75) is 0 Å². The number of benzene rings is 14. The zero-order valence-corrected chi connectivity index (χ0v) is 46.9. The van der Waals surface area contributed by atoms with Crippen LogP contribution in [0.25, 0.3) is 176 Å². The molecule has 0 bridgehead atoms. The van der Waals surface area contributed by atoms with Gasteiger partial charge in [-0.25, -0.2) is 0 Å². The first kappa shape index (κ1) is 48.2. The molecule has 18 rings (SSSR count). The molecule has 14 aromatic carbocycles. The van der Waals surface area contributed by atoms with Gasteiger partial charge in [-0.1, -0.05) is 224 Å². The lowest BCUT2D eigenvalue weighted by atomic mass is 9.91. The molecule has 4 aromatic heterocycles. The summed E-state index contributed by atoms with van der Waals surface area (Å²) < 4.78 is 4.96. The van der Waals surface area contributed by atoms with Crippen molar-refractivity contribution in [3.05, 3.63) is 315 Å². The van der Waals surface area contributed by atoms with Crippen LogP contribution in [0, 0.1) is 0 Å². The van der Waals surface area contributed by atoms with Crippen LogP contribution < -0.4 is 0 Å². The Labute approximate surface area is 497 Å². The molecule has 2 heteroatoms. The van der Waals surface area contributed by atoms with Crippen LogP contribution in [0.5, 0.6) is 0 Å². The van der Waals surface area contributed by atoms with Crippen LogP contribution in [0.4, 0.5) is 0 Å². The van der Waals surface area contributed by atoms with Crippen LogP contribution in [0.2, 0.25) is 0 Å². The number of fused-ring (bicyclic) bond motifs is 12. The summed E-state index contributed by atoms with van der Waals surface area (Å²) >= 11 is 0. The van der Waals surface area contributed by atoms with Crippen molar-refractivity contribution in [3.8, 4) is 100 Å². The highest BCUT2D eigenvalue weighted by molar-refractivity contribution is 6.25. The second-order valence-electron chi connectivity index (χ2n) is 23.2. The second-order valence-corrected chi connectivity index (χ2v) is 23.2. The minimum atomic E-state index is 1.18. The van der Waals surface area contributed by atoms with Gasteiger partial charge >= 0.3 is 0 Å². The summed E-state index contributed by atoms with van der Waals surface area (Å²) in [7, 11) is 0. The third kappa shape index (κ3) is 7.67. The van der Waals surface area contributed by atoms with E-state index in [0.29, 0.717) is 0 Å². The van der Waals surface area contributed by atoms with Crippen LogP contribution in [-0.2, 0) is 0 Å². The van der Waals surface area contributed by atoms with E-state index in [0.717, 1.165) is 0 Å². The predicted octanol–water partition coefficient (Wildman–Crippen LogP) is 23.0. The van der Waals surface area contributed by atoms with Gasteiger partial charge in [-0.3, -0.25) is 0 Å². The standard InChI is InChI=1S/C84H52N2/c1-4-16-53(17-5-1)56-32-34-57(35-33-56)67-47-69(61-25-13-23-59(43-61)62-36-39-80-76(50-62)73-28-14-27-72-71-26-10-11-31-79(71)85(80)83(72)73)49-70(48-67)64-38-41-82-78(52-64)75-30-15-29-74-77-51-63(37-40-81(77)86(82)84(74)75)58-22-12-24-60(42-58)68-45-65(54-18-6-2-7-19-54)44-66(46-68)55-20-8-3-9-21-55/h1-52H. The van der Waals surface area contributed by atoms with E-state index in [2.05, 4.69) is 324 Å². The third-order valence-electron chi connectivity index (χ3n) is 18.3. The van der Waals surface area contributed by atoms with Gasteiger partial charge in [-0.2, -0.15) is 0 Å². The minimum Gasteiger partial charge on any atom is -0.308 e. The summed E-state index contributed by atoms with van der Waals surface area (Å²) in [6, 6.07) is 117. The maximum atomic E-state index is 2.50. The smallest absolute Gasteiger partial charge is 0.0620 e. The molecule has 398 valence electrons. The highest BCUT2D eigenvalue weighted by Gasteiger charge is 2.21. The second kappa shape index (κ2) is 19.1. The SMILES string of the molecule is c1ccc(-c2ccc(-c3cc(-c4cccc(-c5ccc6c(c5)c5cccc7c8ccccc8n6c75)c4)cc(-c4ccc5c(c4)c4cccc6c7cc(-c8cccc(-c9cc(-c%10ccccc%10)cc(-c%10ccccc%10)c9)c8)ccc7n5c64)c3)cc2)cc1. The molecule has 0 radical (unpaired) electrons. The topological polar surface area (TPSA) is 8.82 Å². The minimum absolute atomic E-state index is 1.18. The molecule has 2 nitrogen and oxygen atoms in total. The fourth-order valence-electron chi connectivity index (χ4n) is 14.2. The number of hydrogen-bond acceptors (Lipinski definition) is 0. The Kier molecular flexibility index (Phi) is 10.7. The molecule has 0 spiro atoms. The summed E-state index contributed by atoms with van der Waals surface area (Å²) in [5.41, 5.74) is 29.0. The molecular formula is C84H52N2. The average molecular weight is 1090 g/mol. The Bertz CT molecular complexity index is 5610. The Morgan fingerprint density at radius 2 is 0.349 bits per heavy atom. The van der Waals surface area contributed by atoms with Gasteiger partial charge in [0.2, 0.25) is 0 Å². The van der Waals surface area contributed by atoms with Crippen LogP contribution in [0.1, 0.15) is 0 Å². The Balaban J connectivity index is 0.734. The van der Waals surface area contributed by atoms with E-state index in [4.69, 9.17) is 0 Å². The molecule has 0 aliphatic heterocycles. The summed E-state index contributed by atoms with van der Waals surface area (Å²) in [5.74, 6) is 0. The average Bonchev–Trinajstić information content (AvgIpc) is 1.66. The monoisotopic (exact) mass is 1090 g/mol. The van der Waals surface area contributed by atoms with E-state index in [9.17, 15) is 0 Å². The molecule has 0 N–H and O–H groups in total. The number of hydrogen-bond donors (Lipinski definition) is 0. The van der Waals surface area contributed by atoms with E-state index in [-0.39, 0.29) is 0 Å². The van der Waals surface area contributed by atoms with Crippen molar-refractivity contribution < 1.29 is 0 Å². The van der Waals surface area contributed by atoms with E-state index in [1.165, 1.54) is 176 Å². The maximum absolute atomic E-state index is 2.50. The summed E-state index contributed by atoms with van der Waals surface area (Å²) in [6.45, 7) is 0. The lowest BCUT2D eigenvalue weighted by molar-refractivity contribution is 1.37. The molecular weight excluding hydrogens is 1040 g/mol. The highest BCUT2D eigenvalue weighted by atomic mass is 14.9. The molecule has 18 aromatic rings. The normalized spacial score (nSPS) is 12.0. The van der Waals surface area contributed by atoms with Gasteiger partial charge in [0.25, 0.3) is 0 Å². The van der Waals surface area contributed by atoms with E-state index >= 15 is 0 Å². The van der Waals surface area contributed by atoms with Crippen LogP contribution in [0.3, 0.4) is 0 Å². The Morgan fingerprint density at radius 1 is 0.128 bits per heavy atom. The van der Waals surface area contributed by atoms with Crippen molar-refractivity contribution in [1.82, 2.24) is 8.80 Å². The van der Waals surface area contributed by atoms with Gasteiger partial charge < -0.3 is 8.80 Å². The van der Waals surface area contributed by atoms with Gasteiger partial charge in [-0.05, 0) is 191 Å². The van der Waals surface area contributed by atoms with Gasteiger partial charge in [0.05, 0.1) is 33.1 Å². The van der Waals surface area contributed by atoms with Crippen LogP contribution in [-0.4, -0.2) is 8.80 Å². The van der Waals surface area contributed by atoms with Gasteiger partial charge in [0.1, 0.15) is 0 Å². The molecule has 0 saturated carbocycles. The lowest BCUT2D eigenvalue weighted by Crippen LogP contribution is -1.88. The van der Waals surface area contributed by atoms with Crippen molar-refractivity contribution in [2.75, 3.05) is 0 Å². The largest absolute Gasteiger partial charge is 0.308 e. The molecule has 0 aliphatic carbocycles. The van der Waals surface area contributed by atoms with E-state index in [1.807, 2.05) is 0 Å². The number of aromatic nitrogens is 2. The van der Waals surface area contributed by atoms with Crippen molar-refractivity contribution in [1.29, 1.82) is 0 Å². The maximum Gasteiger partial charge on any atom is 0.0620 e. The van der Waals surface area contributed by atoms with E-state index in [1.54, 1.807) is 0 Å². The fourth-order valence-corrected chi connectivity index (χ4v) is 14.2. The first-order valence-corrected chi connectivity index (χ1v) is 29.8. The molecule has 0 saturated heterocycles. The molecule has 0 fully saturated rings. The van der Waals surface area contributed by atoms with Gasteiger partial charge in [0, 0.05) is 43.1 Å². The number of rotatable bonds is 9. The fraction of sp³-hybridized carbons (Fsp3) is 0. The third-order valence-corrected chi connectivity index (χ3v) is 18.3. The molecule has 86 heavy (non-hydrogen) atoms. The number of nitrogens with zero attached hydrogens (tertiary/aromatic N) is 2. The first-order valence-electron chi connectivity index (χ1n) is 29.8. The van der Waals surface area contributed by atoms with Crippen molar-refractivity contribution in [2.24, 2.45) is 0 Å². The predicted molar refractivity (Wildman–Crippen MR) is 365 cm³/mol. The number of para-hydroxylation sites is 3. The zero-order valence-electron chi connectivity index (χ0n) is 46.9. The van der Waals surface area contributed by atoms with Crippen molar-refractivity contribution >= 4 is 76.2 Å². The molecule has 0 aliphatic rings. The van der Waals surface area contributed by atoms with Crippen molar-refractivity contribution in [3.63, 3.8) is 0 Å². The Morgan fingerprint density at radius 3 is 0.756 bits per heavy atom. The van der Waals surface area contributed by atoms with Crippen LogP contribution in [0.15, 0.2) is 315 Å². The quantitative estimate of drug-likeness (QED) is 0.136. The summed E-state index contributed by atoms with van der Waals surface area (Å²) in [4.78, 5) is 0. The zero-order chi connectivity index (χ0) is 56.4. The molecule has 0 atom stereocenters. The Hall–Kier alpha value is -11.3. The van der Waals surface area contributed by atoms with Crippen LogP contribution >= 0.6 is 0 Å². The van der Waals surface area contributed by atoms with Gasteiger partial charge in [-0.15, -0.1) is 0 Å². The summed E-state index contributed by atoms with van der Waals surface area (Å²) in [5, 5.41) is 10.2.